The van der Waals surface area contributed by atoms with Crippen molar-refractivity contribution in [2.75, 3.05) is 18.7 Å². The predicted octanol–water partition coefficient (Wildman–Crippen LogP) is 4.27. The maximum atomic E-state index is 12.3. The molecular weight excluding hydrogens is 320 g/mol. The molecule has 5 heteroatoms. The van der Waals surface area contributed by atoms with E-state index in [1.165, 1.54) is 0 Å². The third kappa shape index (κ3) is 4.40. The Morgan fingerprint density at radius 2 is 1.96 bits per heavy atom. The van der Waals surface area contributed by atoms with Gasteiger partial charge in [0.2, 0.25) is 0 Å². The van der Waals surface area contributed by atoms with Gasteiger partial charge in [0.05, 0.1) is 7.11 Å². The number of nitrogens with one attached hydrogen (secondary N) is 1. The molecule has 0 unspecified atom stereocenters. The van der Waals surface area contributed by atoms with Crippen LogP contribution in [0.15, 0.2) is 52.9 Å². The molecule has 0 spiro atoms. The number of nitrogens with zero attached hydrogens (tertiary/aromatic N) is 1. The highest BCUT2D eigenvalue weighted by atomic mass is 32.2. The lowest BCUT2D eigenvalue weighted by molar-refractivity contribution is -0.112. The molecule has 0 radical (unpaired) electrons. The Labute approximate surface area is 146 Å². The minimum Gasteiger partial charge on any atom is -0.496 e. The van der Waals surface area contributed by atoms with Gasteiger partial charge < -0.3 is 10.1 Å². The second-order valence-corrected chi connectivity index (χ2v) is 5.95. The number of nitriles is 1. The predicted molar refractivity (Wildman–Crippen MR) is 98.2 cm³/mol. The quantitative estimate of drug-likeness (QED) is 0.502. The average molecular weight is 338 g/mol. The minimum absolute atomic E-state index is 0.0366. The molecule has 4 nitrogen and oxygen atoms in total. The zero-order valence-corrected chi connectivity index (χ0v) is 14.6. The molecule has 0 aliphatic rings. The van der Waals surface area contributed by atoms with Crippen LogP contribution in [0, 0.1) is 18.3 Å². The molecule has 0 bridgehead atoms. The normalized spacial score (nSPS) is 10.8. The van der Waals surface area contributed by atoms with Crippen molar-refractivity contribution >= 4 is 29.4 Å². The number of carbonyl (C=O) groups excluding carboxylic acids is 1. The highest BCUT2D eigenvalue weighted by Crippen LogP contribution is 2.29. The molecule has 0 aliphatic heterocycles. The smallest absolute Gasteiger partial charge is 0.266 e. The van der Waals surface area contributed by atoms with E-state index in [0.717, 1.165) is 16.0 Å². The second-order valence-electron chi connectivity index (χ2n) is 5.10. The number of amides is 1. The molecular formula is C19H18N2O2S. The molecule has 2 aromatic carbocycles. The molecule has 24 heavy (non-hydrogen) atoms. The van der Waals surface area contributed by atoms with Crippen molar-refractivity contribution in [1.82, 2.24) is 0 Å². The van der Waals surface area contributed by atoms with Gasteiger partial charge in [-0.1, -0.05) is 23.8 Å². The number of thioether (sulfide) groups is 1. The Morgan fingerprint density at radius 1 is 1.25 bits per heavy atom. The third-order valence-electron chi connectivity index (χ3n) is 3.39. The molecule has 2 rings (SSSR count). The van der Waals surface area contributed by atoms with Crippen molar-refractivity contribution < 1.29 is 9.53 Å². The zero-order valence-electron chi connectivity index (χ0n) is 13.8. The van der Waals surface area contributed by atoms with Crippen molar-refractivity contribution in [3.05, 3.63) is 59.2 Å². The van der Waals surface area contributed by atoms with Crippen molar-refractivity contribution in [1.29, 1.82) is 5.26 Å². The lowest BCUT2D eigenvalue weighted by Gasteiger charge is -2.08. The number of aryl methyl sites for hydroxylation is 1. The van der Waals surface area contributed by atoms with Crippen LogP contribution in [0.4, 0.5) is 5.69 Å². The summed E-state index contributed by atoms with van der Waals surface area (Å²) >= 11 is 1.57. The summed E-state index contributed by atoms with van der Waals surface area (Å²) in [5, 5.41) is 12.0. The summed E-state index contributed by atoms with van der Waals surface area (Å²) in [6.07, 6.45) is 3.51. The first kappa shape index (κ1) is 17.6. The first-order valence-electron chi connectivity index (χ1n) is 7.29. The molecule has 0 atom stereocenters. The number of methoxy groups -OCH3 is 1. The van der Waals surface area contributed by atoms with Crippen LogP contribution in [0.2, 0.25) is 0 Å². The van der Waals surface area contributed by atoms with Gasteiger partial charge in [0.1, 0.15) is 17.4 Å². The van der Waals surface area contributed by atoms with E-state index < -0.39 is 5.91 Å². The molecule has 0 aromatic heterocycles. The van der Waals surface area contributed by atoms with Crippen LogP contribution in [0.3, 0.4) is 0 Å². The Hall–Kier alpha value is -2.71. The van der Waals surface area contributed by atoms with Gasteiger partial charge in [-0.25, -0.2) is 0 Å². The number of benzene rings is 2. The number of hydrogen-bond donors (Lipinski definition) is 1. The number of anilines is 1. The molecule has 0 fully saturated rings. The summed E-state index contributed by atoms with van der Waals surface area (Å²) < 4.78 is 5.33. The van der Waals surface area contributed by atoms with E-state index in [2.05, 4.69) is 5.32 Å². The first-order chi connectivity index (χ1) is 11.6. The lowest BCUT2D eigenvalue weighted by atomic mass is 10.1. The van der Waals surface area contributed by atoms with Gasteiger partial charge >= 0.3 is 0 Å². The van der Waals surface area contributed by atoms with Crippen LogP contribution in [0.25, 0.3) is 6.08 Å². The van der Waals surface area contributed by atoms with Crippen molar-refractivity contribution in [3.8, 4) is 11.8 Å². The van der Waals surface area contributed by atoms with Crippen LogP contribution >= 0.6 is 11.8 Å². The van der Waals surface area contributed by atoms with Crippen LogP contribution in [0.5, 0.6) is 5.75 Å². The highest BCUT2D eigenvalue weighted by Gasteiger charge is 2.10. The molecule has 122 valence electrons. The summed E-state index contributed by atoms with van der Waals surface area (Å²) in [5.41, 5.74) is 2.53. The van der Waals surface area contributed by atoms with Gasteiger partial charge in [-0.15, -0.1) is 11.8 Å². The monoisotopic (exact) mass is 338 g/mol. The third-order valence-corrected chi connectivity index (χ3v) is 4.17. The fourth-order valence-corrected chi connectivity index (χ4v) is 2.64. The van der Waals surface area contributed by atoms with Gasteiger partial charge in [0.15, 0.2) is 0 Å². The van der Waals surface area contributed by atoms with Gasteiger partial charge in [-0.3, -0.25) is 4.79 Å². The van der Waals surface area contributed by atoms with E-state index >= 15 is 0 Å². The van der Waals surface area contributed by atoms with E-state index in [-0.39, 0.29) is 5.57 Å². The van der Waals surface area contributed by atoms with Crippen LogP contribution in [-0.4, -0.2) is 19.3 Å². The maximum Gasteiger partial charge on any atom is 0.266 e. The van der Waals surface area contributed by atoms with Crippen LogP contribution < -0.4 is 10.1 Å². The Bertz CT molecular complexity index is 805. The maximum absolute atomic E-state index is 12.3. The number of hydrogen-bond acceptors (Lipinski definition) is 4. The number of rotatable bonds is 5. The van der Waals surface area contributed by atoms with Crippen LogP contribution in [0.1, 0.15) is 11.1 Å². The topological polar surface area (TPSA) is 62.1 Å². The Morgan fingerprint density at radius 3 is 2.54 bits per heavy atom. The van der Waals surface area contributed by atoms with Crippen molar-refractivity contribution in [2.45, 2.75) is 11.8 Å². The van der Waals surface area contributed by atoms with Gasteiger partial charge in [0.25, 0.3) is 5.91 Å². The molecule has 0 saturated heterocycles. The van der Waals surface area contributed by atoms with Gasteiger partial charge in [-0.05, 0) is 49.1 Å². The molecule has 1 amide bonds. The highest BCUT2D eigenvalue weighted by molar-refractivity contribution is 7.98. The Balaban J connectivity index is 2.23. The molecule has 1 N–H and O–H groups in total. The molecule has 2 aromatic rings. The van der Waals surface area contributed by atoms with Gasteiger partial charge in [0, 0.05) is 10.6 Å². The number of carbonyl (C=O) groups is 1. The van der Waals surface area contributed by atoms with Crippen LogP contribution in [-0.2, 0) is 4.79 Å². The summed E-state index contributed by atoms with van der Waals surface area (Å²) in [4.78, 5) is 13.3. The van der Waals surface area contributed by atoms with E-state index in [9.17, 15) is 10.1 Å². The van der Waals surface area contributed by atoms with E-state index in [1.54, 1.807) is 37.1 Å². The van der Waals surface area contributed by atoms with E-state index in [1.807, 2.05) is 49.6 Å². The summed E-state index contributed by atoms with van der Waals surface area (Å²) in [7, 11) is 1.60. The SMILES string of the molecule is COc1cc(/C=C(/C#N)C(=O)Nc2ccc(C)cc2)ccc1SC. The fourth-order valence-electron chi connectivity index (χ4n) is 2.09. The van der Waals surface area contributed by atoms with E-state index in [4.69, 9.17) is 4.74 Å². The van der Waals surface area contributed by atoms with Crippen molar-refractivity contribution in [3.63, 3.8) is 0 Å². The lowest BCUT2D eigenvalue weighted by Crippen LogP contribution is -2.13. The molecule has 0 aliphatic carbocycles. The van der Waals surface area contributed by atoms with Gasteiger partial charge in [-0.2, -0.15) is 5.26 Å². The summed E-state index contributed by atoms with van der Waals surface area (Å²) in [6.45, 7) is 1.97. The first-order valence-corrected chi connectivity index (χ1v) is 8.51. The minimum atomic E-state index is -0.436. The standard InChI is InChI=1S/C19H18N2O2S/c1-13-4-7-16(8-5-13)21-19(22)15(12-20)10-14-6-9-18(24-3)17(11-14)23-2/h4-11H,1-3H3,(H,21,22)/b15-10-. The van der Waals surface area contributed by atoms with E-state index in [0.29, 0.717) is 11.4 Å². The summed E-state index contributed by atoms with van der Waals surface area (Å²) in [6, 6.07) is 14.9. The zero-order chi connectivity index (χ0) is 17.5. The molecule has 0 saturated carbocycles. The average Bonchev–Trinajstić information content (AvgIpc) is 2.61. The summed E-state index contributed by atoms with van der Waals surface area (Å²) in [5.74, 6) is 0.279. The number of ether oxygens (including phenoxy) is 1. The Kier molecular flexibility index (Phi) is 6.05. The second kappa shape index (κ2) is 8.23. The molecule has 0 heterocycles. The fraction of sp³-hybridized carbons (Fsp3) is 0.158. The largest absolute Gasteiger partial charge is 0.496 e. The van der Waals surface area contributed by atoms with Crippen molar-refractivity contribution in [2.24, 2.45) is 0 Å².